The first-order valence-corrected chi connectivity index (χ1v) is 11.5. The van der Waals surface area contributed by atoms with Crippen molar-refractivity contribution in [1.29, 1.82) is 0 Å². The molecule has 35 heavy (non-hydrogen) atoms. The van der Waals surface area contributed by atoms with Crippen molar-refractivity contribution in [1.82, 2.24) is 20.2 Å². The molecule has 1 aliphatic heterocycles. The summed E-state index contributed by atoms with van der Waals surface area (Å²) in [6.07, 6.45) is 0.938. The number of carbonyl (C=O) groups excluding carboxylic acids is 1. The number of anilines is 2. The molecule has 1 fully saturated rings. The molecule has 2 aromatic carbocycles. The van der Waals surface area contributed by atoms with Gasteiger partial charge < -0.3 is 25.2 Å². The number of halogens is 2. The largest absolute Gasteiger partial charge is 0.493 e. The van der Waals surface area contributed by atoms with E-state index in [9.17, 15) is 14.3 Å². The Morgan fingerprint density at radius 3 is 2.89 bits per heavy atom. The number of nitrogens with zero attached hydrogens (tertiary/aromatic N) is 3. The van der Waals surface area contributed by atoms with Crippen LogP contribution in [0.2, 0.25) is 5.02 Å². The van der Waals surface area contributed by atoms with Crippen LogP contribution in [0.25, 0.3) is 10.9 Å². The van der Waals surface area contributed by atoms with E-state index in [-0.39, 0.29) is 35.3 Å². The SMILES string of the molecule is COc1cc2ncnc(Nc3cccc(Cl)c3F)c2cc1O[C@H]1C[C@H](C(=O)NC[C@@H](C)O)N(C)C1. The Labute approximate surface area is 207 Å². The van der Waals surface area contributed by atoms with E-state index in [2.05, 4.69) is 20.6 Å². The Kier molecular flexibility index (Phi) is 7.54. The second-order valence-electron chi connectivity index (χ2n) is 8.49. The number of nitrogens with one attached hydrogen (secondary N) is 2. The summed E-state index contributed by atoms with van der Waals surface area (Å²) < 4.78 is 26.2. The van der Waals surface area contributed by atoms with Crippen molar-refractivity contribution in [2.24, 2.45) is 0 Å². The van der Waals surface area contributed by atoms with Crippen molar-refractivity contribution in [3.05, 3.63) is 47.5 Å². The smallest absolute Gasteiger partial charge is 0.237 e. The van der Waals surface area contributed by atoms with Crippen LogP contribution in [0, 0.1) is 5.82 Å². The van der Waals surface area contributed by atoms with Crippen LogP contribution in [0.5, 0.6) is 11.5 Å². The molecule has 1 amide bonds. The second-order valence-corrected chi connectivity index (χ2v) is 8.90. The molecule has 0 bridgehead atoms. The maximum atomic E-state index is 14.5. The van der Waals surface area contributed by atoms with Gasteiger partial charge in [-0.15, -0.1) is 0 Å². The average Bonchev–Trinajstić information content (AvgIpc) is 3.20. The zero-order chi connectivity index (χ0) is 25.1. The Bertz CT molecular complexity index is 1230. The van der Waals surface area contributed by atoms with Gasteiger partial charge in [0, 0.05) is 31.0 Å². The van der Waals surface area contributed by atoms with Crippen molar-refractivity contribution in [2.45, 2.75) is 31.6 Å². The van der Waals surface area contributed by atoms with Crippen LogP contribution in [-0.2, 0) is 4.79 Å². The number of amides is 1. The Morgan fingerprint density at radius 1 is 1.34 bits per heavy atom. The third-order valence-corrected chi connectivity index (χ3v) is 6.10. The summed E-state index contributed by atoms with van der Waals surface area (Å²) in [7, 11) is 3.38. The van der Waals surface area contributed by atoms with Crippen molar-refractivity contribution >= 4 is 39.9 Å². The summed E-state index contributed by atoms with van der Waals surface area (Å²) in [5.74, 6) is 0.560. The molecule has 0 spiro atoms. The molecule has 0 radical (unpaired) electrons. The number of aliphatic hydroxyl groups is 1. The van der Waals surface area contributed by atoms with Crippen molar-refractivity contribution in [3.8, 4) is 11.5 Å². The topological polar surface area (TPSA) is 109 Å². The van der Waals surface area contributed by atoms with Gasteiger partial charge in [-0.3, -0.25) is 9.69 Å². The minimum atomic E-state index is -0.620. The molecule has 11 heteroatoms. The van der Waals surface area contributed by atoms with Gasteiger partial charge in [0.2, 0.25) is 5.91 Å². The van der Waals surface area contributed by atoms with Gasteiger partial charge in [0.25, 0.3) is 0 Å². The van der Waals surface area contributed by atoms with Crippen molar-refractivity contribution in [3.63, 3.8) is 0 Å². The highest BCUT2D eigenvalue weighted by atomic mass is 35.5. The third-order valence-electron chi connectivity index (χ3n) is 5.80. The second kappa shape index (κ2) is 10.6. The molecule has 3 aromatic rings. The Balaban J connectivity index is 1.59. The molecule has 9 nitrogen and oxygen atoms in total. The zero-order valence-electron chi connectivity index (χ0n) is 19.6. The van der Waals surface area contributed by atoms with Gasteiger partial charge in [-0.25, -0.2) is 14.4 Å². The predicted octanol–water partition coefficient (Wildman–Crippen LogP) is 3.12. The molecule has 1 aromatic heterocycles. The average molecular weight is 504 g/mol. The highest BCUT2D eigenvalue weighted by molar-refractivity contribution is 6.31. The minimum absolute atomic E-state index is 0.00329. The van der Waals surface area contributed by atoms with E-state index in [0.717, 1.165) is 0 Å². The summed E-state index contributed by atoms with van der Waals surface area (Å²) >= 11 is 5.91. The third kappa shape index (κ3) is 5.55. The predicted molar refractivity (Wildman–Crippen MR) is 131 cm³/mol. The number of rotatable bonds is 8. The van der Waals surface area contributed by atoms with Gasteiger partial charge in [0.15, 0.2) is 17.3 Å². The first-order chi connectivity index (χ1) is 16.8. The van der Waals surface area contributed by atoms with Crippen LogP contribution in [0.1, 0.15) is 13.3 Å². The van der Waals surface area contributed by atoms with Crippen molar-refractivity contribution in [2.75, 3.05) is 32.6 Å². The number of fused-ring (bicyclic) bond motifs is 1. The molecule has 0 saturated carbocycles. The lowest BCUT2D eigenvalue weighted by atomic mass is 10.1. The number of hydrogen-bond acceptors (Lipinski definition) is 8. The van der Waals surface area contributed by atoms with Crippen LogP contribution in [0.4, 0.5) is 15.9 Å². The normalized spacial score (nSPS) is 18.9. The number of likely N-dealkylation sites (tertiary alicyclic amines) is 1. The molecule has 186 valence electrons. The van der Waals surface area contributed by atoms with E-state index in [0.29, 0.717) is 41.2 Å². The lowest BCUT2D eigenvalue weighted by molar-refractivity contribution is -0.125. The number of hydrogen-bond donors (Lipinski definition) is 3. The van der Waals surface area contributed by atoms with E-state index in [1.165, 1.54) is 19.5 Å². The fourth-order valence-electron chi connectivity index (χ4n) is 4.03. The van der Waals surface area contributed by atoms with Crippen LogP contribution in [0.3, 0.4) is 0 Å². The van der Waals surface area contributed by atoms with Gasteiger partial charge in [-0.05, 0) is 32.2 Å². The molecule has 1 aliphatic rings. The minimum Gasteiger partial charge on any atom is -0.493 e. The Hall–Kier alpha value is -3.21. The number of aliphatic hydroxyl groups excluding tert-OH is 1. The Morgan fingerprint density at radius 2 is 2.14 bits per heavy atom. The lowest BCUT2D eigenvalue weighted by Crippen LogP contribution is -2.43. The number of aromatic nitrogens is 2. The van der Waals surface area contributed by atoms with Crippen LogP contribution < -0.4 is 20.1 Å². The van der Waals surface area contributed by atoms with Gasteiger partial charge in [-0.2, -0.15) is 0 Å². The highest BCUT2D eigenvalue weighted by Crippen LogP contribution is 2.37. The van der Waals surface area contributed by atoms with E-state index in [1.54, 1.807) is 31.2 Å². The molecule has 3 atom stereocenters. The number of ether oxygens (including phenoxy) is 2. The summed E-state index contributed by atoms with van der Waals surface area (Å²) in [5.41, 5.74) is 0.757. The fraction of sp³-hybridized carbons (Fsp3) is 0.375. The monoisotopic (exact) mass is 503 g/mol. The molecular formula is C24H27ClFN5O4. The van der Waals surface area contributed by atoms with E-state index in [4.69, 9.17) is 21.1 Å². The molecule has 2 heterocycles. The van der Waals surface area contributed by atoms with E-state index >= 15 is 0 Å². The first-order valence-electron chi connectivity index (χ1n) is 11.1. The molecule has 0 aliphatic carbocycles. The van der Waals surface area contributed by atoms with Gasteiger partial charge in [0.05, 0.1) is 35.5 Å². The number of methoxy groups -OCH3 is 1. The molecule has 4 rings (SSSR count). The van der Waals surface area contributed by atoms with Crippen LogP contribution in [-0.4, -0.2) is 71.4 Å². The number of likely N-dealkylation sites (N-methyl/N-ethyl adjacent to an activating group) is 1. The fourth-order valence-corrected chi connectivity index (χ4v) is 4.21. The zero-order valence-corrected chi connectivity index (χ0v) is 20.3. The first kappa shape index (κ1) is 24.9. The van der Waals surface area contributed by atoms with Crippen molar-refractivity contribution < 1.29 is 23.8 Å². The highest BCUT2D eigenvalue weighted by Gasteiger charge is 2.36. The maximum absolute atomic E-state index is 14.5. The summed E-state index contributed by atoms with van der Waals surface area (Å²) in [6.45, 7) is 2.33. The number of benzene rings is 2. The van der Waals surface area contributed by atoms with Crippen LogP contribution >= 0.6 is 11.6 Å². The summed E-state index contributed by atoms with van der Waals surface area (Å²) in [4.78, 5) is 23.0. The maximum Gasteiger partial charge on any atom is 0.237 e. The molecular weight excluding hydrogens is 477 g/mol. The molecule has 0 unspecified atom stereocenters. The summed E-state index contributed by atoms with van der Waals surface area (Å²) in [5, 5.41) is 15.8. The quantitative estimate of drug-likeness (QED) is 0.430. The van der Waals surface area contributed by atoms with E-state index in [1.807, 2.05) is 11.9 Å². The summed E-state index contributed by atoms with van der Waals surface area (Å²) in [6, 6.07) is 7.74. The van der Waals surface area contributed by atoms with E-state index < -0.39 is 11.9 Å². The molecule has 3 N–H and O–H groups in total. The van der Waals surface area contributed by atoms with Gasteiger partial charge in [0.1, 0.15) is 18.2 Å². The number of carbonyl (C=O) groups is 1. The van der Waals surface area contributed by atoms with Crippen LogP contribution in [0.15, 0.2) is 36.7 Å². The molecule has 1 saturated heterocycles. The standard InChI is InChI=1S/C24H27ClFN5O4/c1-13(32)10-27-24(33)19-7-14(11-31(19)2)35-21-8-15-18(9-20(21)34-3)28-12-29-23(15)30-17-6-4-5-16(25)22(17)26/h4-6,8-9,12-14,19,32H,7,10-11H2,1-3H3,(H,27,33)(H,28,29,30)/t13-,14+,19-/m1/s1. The lowest BCUT2D eigenvalue weighted by Gasteiger charge is -2.18. The van der Waals surface area contributed by atoms with Gasteiger partial charge in [-0.1, -0.05) is 17.7 Å². The van der Waals surface area contributed by atoms with Gasteiger partial charge >= 0.3 is 0 Å².